The minimum atomic E-state index is -0.688. The first-order valence-corrected chi connectivity index (χ1v) is 13.2. The van der Waals surface area contributed by atoms with Crippen molar-refractivity contribution in [2.24, 2.45) is 7.05 Å². The summed E-state index contributed by atoms with van der Waals surface area (Å²) in [4.78, 5) is 42.3. The second kappa shape index (κ2) is 11.7. The first-order valence-electron chi connectivity index (χ1n) is 13.2. The van der Waals surface area contributed by atoms with Crippen LogP contribution in [-0.2, 0) is 23.9 Å². The lowest BCUT2D eigenvalue weighted by molar-refractivity contribution is -0.111. The minimum Gasteiger partial charge on any atom is -0.330 e. The molecule has 1 atom stereocenters. The van der Waals surface area contributed by atoms with Crippen molar-refractivity contribution in [3.05, 3.63) is 89.1 Å². The van der Waals surface area contributed by atoms with E-state index in [1.54, 1.807) is 53.9 Å². The maximum Gasteiger partial charge on any atom is 0.319 e. The van der Waals surface area contributed by atoms with Crippen molar-refractivity contribution in [1.29, 1.82) is 0 Å². The summed E-state index contributed by atoms with van der Waals surface area (Å²) in [5.74, 6) is -0.00661. The number of hydrogen-bond acceptors (Lipinski definition) is 5. The Labute approximate surface area is 235 Å². The van der Waals surface area contributed by atoms with E-state index >= 15 is 0 Å². The van der Waals surface area contributed by atoms with Crippen LogP contribution in [0.5, 0.6) is 0 Å². The van der Waals surface area contributed by atoms with Gasteiger partial charge < -0.3 is 25.8 Å². The molecule has 40 heavy (non-hydrogen) atoms. The molecule has 4 rings (SSSR count). The van der Waals surface area contributed by atoms with Gasteiger partial charge in [0.15, 0.2) is 0 Å². The number of nitrogens with one attached hydrogen (secondary N) is 3. The van der Waals surface area contributed by atoms with Crippen molar-refractivity contribution in [3.8, 4) is 0 Å². The number of likely N-dealkylation sites (N-methyl/N-ethyl adjacent to an activating group) is 1. The van der Waals surface area contributed by atoms with Crippen molar-refractivity contribution in [2.45, 2.75) is 38.9 Å². The highest BCUT2D eigenvalue weighted by Crippen LogP contribution is 2.41. The topological polar surface area (TPSA) is 112 Å². The number of carbonyl (C=O) groups is 3. The fraction of sp³-hybridized carbons (Fsp3) is 0.333. The Hall–Kier alpha value is -4.44. The molecule has 0 fully saturated rings. The number of rotatable bonds is 8. The molecule has 0 radical (unpaired) electrons. The number of benzene rings is 2. The molecule has 3 N–H and O–H groups in total. The second-order valence-electron chi connectivity index (χ2n) is 10.6. The van der Waals surface area contributed by atoms with Crippen LogP contribution in [0.4, 0.5) is 16.3 Å². The Morgan fingerprint density at radius 3 is 2.35 bits per heavy atom. The van der Waals surface area contributed by atoms with Gasteiger partial charge in [-0.25, -0.2) is 4.79 Å². The van der Waals surface area contributed by atoms with Crippen molar-refractivity contribution in [3.63, 3.8) is 0 Å². The lowest BCUT2D eigenvalue weighted by Gasteiger charge is -2.34. The molecule has 1 aliphatic rings. The van der Waals surface area contributed by atoms with Crippen LogP contribution < -0.4 is 16.0 Å². The predicted octanol–water partition coefficient (Wildman–Crippen LogP) is 4.25. The van der Waals surface area contributed by atoms with Gasteiger partial charge in [0.1, 0.15) is 5.82 Å². The van der Waals surface area contributed by atoms with E-state index in [4.69, 9.17) is 5.10 Å². The first kappa shape index (κ1) is 28.6. The number of nitrogens with zero attached hydrogens (tertiary/aromatic N) is 4. The molecular formula is C30H37N7O3. The summed E-state index contributed by atoms with van der Waals surface area (Å²) in [6.07, 6.45) is 3.08. The van der Waals surface area contributed by atoms with Crippen LogP contribution in [0.25, 0.3) is 0 Å². The van der Waals surface area contributed by atoms with Crippen molar-refractivity contribution >= 4 is 29.4 Å². The van der Waals surface area contributed by atoms with E-state index in [0.29, 0.717) is 30.2 Å². The van der Waals surface area contributed by atoms with Gasteiger partial charge in [0.05, 0.1) is 23.8 Å². The SMILES string of the molecule is C/C=C/C(=O)Nc1ccc(C(=O)Nc2c3c(nn2C)C(C)(C)N(C(=O)N[C@H](CN(C)C)c2ccccc2)C3)cc1. The summed E-state index contributed by atoms with van der Waals surface area (Å²) in [5.41, 5.74) is 2.90. The summed E-state index contributed by atoms with van der Waals surface area (Å²) in [6.45, 7) is 6.64. The number of anilines is 2. The van der Waals surface area contributed by atoms with Gasteiger partial charge in [0.25, 0.3) is 5.91 Å². The summed E-state index contributed by atoms with van der Waals surface area (Å²) in [6, 6.07) is 16.2. The van der Waals surface area contributed by atoms with Gasteiger partial charge in [-0.3, -0.25) is 14.3 Å². The monoisotopic (exact) mass is 543 g/mol. The number of hydrogen-bond donors (Lipinski definition) is 3. The molecule has 1 aliphatic heterocycles. The van der Waals surface area contributed by atoms with Gasteiger partial charge in [-0.15, -0.1) is 0 Å². The number of amides is 4. The highest BCUT2D eigenvalue weighted by Gasteiger charge is 2.45. The molecule has 10 nitrogen and oxygen atoms in total. The highest BCUT2D eigenvalue weighted by atomic mass is 16.2. The fourth-order valence-electron chi connectivity index (χ4n) is 4.91. The molecule has 3 aromatic rings. The standard InChI is InChI=1S/C30H37N7O3/c1-7-11-25(38)31-22-16-14-21(15-17-22)28(39)33-27-23-18-37(30(2,3)26(23)34-36(27)6)29(40)32-24(19-35(4)5)20-12-9-8-10-13-20/h7-17,24H,18-19H2,1-6H3,(H,31,38)(H,32,40)(H,33,39)/b11-7+/t24-/m1/s1. The predicted molar refractivity (Wildman–Crippen MR) is 156 cm³/mol. The Kier molecular flexibility index (Phi) is 8.39. The zero-order chi connectivity index (χ0) is 29.0. The quantitative estimate of drug-likeness (QED) is 0.368. The number of carbonyl (C=O) groups excluding carboxylic acids is 3. The van der Waals surface area contributed by atoms with Crippen LogP contribution in [0.3, 0.4) is 0 Å². The second-order valence-corrected chi connectivity index (χ2v) is 10.6. The molecule has 10 heteroatoms. The smallest absolute Gasteiger partial charge is 0.319 e. The summed E-state index contributed by atoms with van der Waals surface area (Å²) < 4.78 is 1.64. The van der Waals surface area contributed by atoms with Gasteiger partial charge in [-0.05, 0) is 70.8 Å². The summed E-state index contributed by atoms with van der Waals surface area (Å²) in [7, 11) is 5.73. The maximum absolute atomic E-state index is 13.6. The Morgan fingerprint density at radius 1 is 1.05 bits per heavy atom. The third-order valence-electron chi connectivity index (χ3n) is 6.97. The molecule has 0 aliphatic carbocycles. The van der Waals surface area contributed by atoms with E-state index in [1.165, 1.54) is 6.08 Å². The fourth-order valence-corrected chi connectivity index (χ4v) is 4.91. The van der Waals surface area contributed by atoms with E-state index in [-0.39, 0.29) is 23.9 Å². The first-order chi connectivity index (χ1) is 19.0. The molecule has 0 spiro atoms. The summed E-state index contributed by atoms with van der Waals surface area (Å²) in [5, 5.41) is 13.6. The van der Waals surface area contributed by atoms with Crippen molar-refractivity contribution in [1.82, 2.24) is 24.9 Å². The van der Waals surface area contributed by atoms with Gasteiger partial charge >= 0.3 is 6.03 Å². The third-order valence-corrected chi connectivity index (χ3v) is 6.97. The largest absolute Gasteiger partial charge is 0.330 e. The number of aromatic nitrogens is 2. The molecule has 4 amide bonds. The molecule has 0 unspecified atom stereocenters. The molecule has 1 aromatic heterocycles. The molecule has 2 heterocycles. The number of aryl methyl sites for hydroxylation is 1. The molecule has 0 saturated carbocycles. The minimum absolute atomic E-state index is 0.191. The average Bonchev–Trinajstić information content (AvgIpc) is 3.36. The zero-order valence-electron chi connectivity index (χ0n) is 23.9. The Bertz CT molecular complexity index is 1410. The lowest BCUT2D eigenvalue weighted by Crippen LogP contribution is -2.48. The van der Waals surface area contributed by atoms with E-state index in [0.717, 1.165) is 16.8 Å². The van der Waals surface area contributed by atoms with E-state index in [2.05, 4.69) is 16.0 Å². The number of allylic oxidation sites excluding steroid dienone is 1. The van der Waals surface area contributed by atoms with E-state index in [1.807, 2.05) is 63.2 Å². The van der Waals surface area contributed by atoms with E-state index < -0.39 is 5.54 Å². The van der Waals surface area contributed by atoms with Crippen LogP contribution in [-0.4, -0.2) is 58.1 Å². The molecule has 210 valence electrons. The van der Waals surface area contributed by atoms with Crippen LogP contribution in [0.1, 0.15) is 54.0 Å². The number of fused-ring (bicyclic) bond motifs is 1. The Balaban J connectivity index is 1.50. The maximum atomic E-state index is 13.6. The molecule has 0 saturated heterocycles. The third kappa shape index (κ3) is 6.07. The highest BCUT2D eigenvalue weighted by molar-refractivity contribution is 6.05. The van der Waals surface area contributed by atoms with Crippen LogP contribution in [0, 0.1) is 0 Å². The molecule has 0 bridgehead atoms. The van der Waals surface area contributed by atoms with Gasteiger partial charge in [-0.2, -0.15) is 5.10 Å². The van der Waals surface area contributed by atoms with Gasteiger partial charge in [-0.1, -0.05) is 36.4 Å². The lowest BCUT2D eigenvalue weighted by atomic mass is 10.0. The van der Waals surface area contributed by atoms with Crippen LogP contribution in [0.15, 0.2) is 66.7 Å². The van der Waals surface area contributed by atoms with Crippen LogP contribution in [0.2, 0.25) is 0 Å². The average molecular weight is 544 g/mol. The van der Waals surface area contributed by atoms with Crippen LogP contribution >= 0.6 is 0 Å². The zero-order valence-corrected chi connectivity index (χ0v) is 23.9. The Morgan fingerprint density at radius 2 is 1.73 bits per heavy atom. The van der Waals surface area contributed by atoms with E-state index in [9.17, 15) is 14.4 Å². The normalized spacial score (nSPS) is 14.7. The number of urea groups is 1. The van der Waals surface area contributed by atoms with Gasteiger partial charge in [0, 0.05) is 30.4 Å². The molecule has 2 aromatic carbocycles. The van der Waals surface area contributed by atoms with Crippen molar-refractivity contribution in [2.75, 3.05) is 31.3 Å². The van der Waals surface area contributed by atoms with Gasteiger partial charge in [0.2, 0.25) is 5.91 Å². The summed E-state index contributed by atoms with van der Waals surface area (Å²) >= 11 is 0. The van der Waals surface area contributed by atoms with Crippen molar-refractivity contribution < 1.29 is 14.4 Å². The molecular weight excluding hydrogens is 506 g/mol.